The normalized spacial score (nSPS) is 14.1. The fraction of sp³-hybridized carbons (Fsp3) is 0.600. The number of carbonyl (C=O) groups is 1. The van der Waals surface area contributed by atoms with Crippen LogP contribution in [0.15, 0.2) is 4.79 Å². The van der Waals surface area contributed by atoms with Gasteiger partial charge in [-0.05, 0) is 12.3 Å². The van der Waals surface area contributed by atoms with Gasteiger partial charge in [-0.1, -0.05) is 13.8 Å². The number of aromatic amines is 1. The van der Waals surface area contributed by atoms with Crippen LogP contribution in [0.3, 0.4) is 0 Å². The Hall–Kier alpha value is -1.11. The standard InChI is InChI=1S/C15H20Cl3NO5/c1-7(5-8(2)15(17,18)6-16)10(20)9-11(21)12(23-3)14(24-4)19-13(9)22/h7-8H,5-6H2,1-4H3,(H2,19,21,22). The molecule has 0 fully saturated rings. The summed E-state index contributed by atoms with van der Waals surface area (Å²) in [6.45, 7) is 3.37. The second-order valence-corrected chi connectivity index (χ2v) is 7.35. The molecule has 1 heterocycles. The van der Waals surface area contributed by atoms with Gasteiger partial charge in [-0.25, -0.2) is 0 Å². The minimum Gasteiger partial charge on any atom is -0.503 e. The third-order valence-corrected chi connectivity index (χ3v) is 5.53. The number of rotatable bonds is 8. The highest BCUT2D eigenvalue weighted by atomic mass is 35.5. The van der Waals surface area contributed by atoms with Gasteiger partial charge in [-0.3, -0.25) is 14.6 Å². The van der Waals surface area contributed by atoms with Crippen LogP contribution >= 0.6 is 34.8 Å². The second-order valence-electron chi connectivity index (χ2n) is 5.54. The Balaban J connectivity index is 3.18. The van der Waals surface area contributed by atoms with E-state index in [1.165, 1.54) is 14.2 Å². The summed E-state index contributed by atoms with van der Waals surface area (Å²) in [5, 5.41) is 10.2. The number of aromatic hydroxyl groups is 1. The van der Waals surface area contributed by atoms with Gasteiger partial charge in [0.15, 0.2) is 11.5 Å². The van der Waals surface area contributed by atoms with Crippen molar-refractivity contribution in [2.75, 3.05) is 20.1 Å². The van der Waals surface area contributed by atoms with Crippen LogP contribution < -0.4 is 15.0 Å². The van der Waals surface area contributed by atoms with Crippen molar-refractivity contribution in [3.05, 3.63) is 15.9 Å². The number of nitrogens with one attached hydrogen (secondary N) is 1. The molecular weight excluding hydrogens is 381 g/mol. The zero-order chi connectivity index (χ0) is 18.7. The molecule has 0 spiro atoms. The van der Waals surface area contributed by atoms with E-state index in [-0.39, 0.29) is 29.8 Å². The van der Waals surface area contributed by atoms with Gasteiger partial charge in [0.05, 0.1) is 20.1 Å². The van der Waals surface area contributed by atoms with Crippen molar-refractivity contribution < 1.29 is 19.4 Å². The van der Waals surface area contributed by atoms with E-state index in [1.54, 1.807) is 13.8 Å². The van der Waals surface area contributed by atoms with Crippen molar-refractivity contribution in [3.8, 4) is 17.4 Å². The molecule has 1 rings (SSSR count). The van der Waals surface area contributed by atoms with Crippen molar-refractivity contribution in [3.63, 3.8) is 0 Å². The van der Waals surface area contributed by atoms with Gasteiger partial charge >= 0.3 is 0 Å². The predicted octanol–water partition coefficient (Wildman–Crippen LogP) is 3.36. The summed E-state index contributed by atoms with van der Waals surface area (Å²) in [4.78, 5) is 27.1. The average Bonchev–Trinajstić information content (AvgIpc) is 2.53. The summed E-state index contributed by atoms with van der Waals surface area (Å²) >= 11 is 17.9. The number of alkyl halides is 3. The average molecular weight is 401 g/mol. The molecule has 136 valence electrons. The minimum atomic E-state index is -1.19. The van der Waals surface area contributed by atoms with Gasteiger partial charge in [-0.2, -0.15) is 0 Å². The third-order valence-electron chi connectivity index (χ3n) is 3.82. The number of halogens is 3. The van der Waals surface area contributed by atoms with Crippen LogP contribution in [0.5, 0.6) is 17.4 Å². The first kappa shape index (κ1) is 20.9. The summed E-state index contributed by atoms with van der Waals surface area (Å²) in [5.74, 6) is -2.24. The van der Waals surface area contributed by atoms with Gasteiger partial charge in [0.2, 0.25) is 11.6 Å². The summed E-state index contributed by atoms with van der Waals surface area (Å²) in [5.41, 5.74) is -1.16. The SMILES string of the molecule is COc1[nH]c(=O)c(C(=O)C(C)CC(C)C(Cl)(Cl)CCl)c(O)c1OC. The van der Waals surface area contributed by atoms with Crippen LogP contribution in [0.2, 0.25) is 0 Å². The molecule has 0 aliphatic carbocycles. The molecule has 0 radical (unpaired) electrons. The largest absolute Gasteiger partial charge is 0.503 e. The molecule has 24 heavy (non-hydrogen) atoms. The number of ether oxygens (including phenoxy) is 2. The molecule has 0 bridgehead atoms. The molecule has 6 nitrogen and oxygen atoms in total. The van der Waals surface area contributed by atoms with E-state index in [2.05, 4.69) is 4.98 Å². The number of aromatic nitrogens is 1. The number of ketones is 1. The van der Waals surface area contributed by atoms with Gasteiger partial charge < -0.3 is 14.6 Å². The van der Waals surface area contributed by atoms with E-state index in [0.29, 0.717) is 0 Å². The van der Waals surface area contributed by atoms with E-state index >= 15 is 0 Å². The van der Waals surface area contributed by atoms with Crippen LogP contribution in [0.25, 0.3) is 0 Å². The molecule has 2 unspecified atom stereocenters. The molecule has 0 aliphatic rings. The summed E-state index contributed by atoms with van der Waals surface area (Å²) < 4.78 is 8.71. The molecular formula is C15H20Cl3NO5. The summed E-state index contributed by atoms with van der Waals surface area (Å²) in [6, 6.07) is 0. The molecule has 0 aliphatic heterocycles. The van der Waals surface area contributed by atoms with Gasteiger partial charge in [0, 0.05) is 5.92 Å². The fourth-order valence-electron chi connectivity index (χ4n) is 2.30. The summed E-state index contributed by atoms with van der Waals surface area (Å²) in [6.07, 6.45) is 0.284. The minimum absolute atomic E-state index is 0.000377. The highest BCUT2D eigenvalue weighted by Gasteiger charge is 2.34. The van der Waals surface area contributed by atoms with Crippen LogP contribution in [-0.4, -0.2) is 40.3 Å². The highest BCUT2D eigenvalue weighted by molar-refractivity contribution is 6.51. The number of Topliss-reactive ketones (excluding diaryl/α,β-unsaturated/α-hetero) is 1. The maximum Gasteiger partial charge on any atom is 0.265 e. The number of carbonyl (C=O) groups excluding carboxylic acids is 1. The van der Waals surface area contributed by atoms with Gasteiger partial charge in [0.1, 0.15) is 9.90 Å². The molecule has 1 aromatic rings. The first-order valence-electron chi connectivity index (χ1n) is 7.15. The van der Waals surface area contributed by atoms with E-state index < -0.39 is 32.9 Å². The zero-order valence-corrected chi connectivity index (χ0v) is 16.1. The first-order chi connectivity index (χ1) is 11.1. The fourth-order valence-corrected chi connectivity index (χ4v) is 2.74. The highest BCUT2D eigenvalue weighted by Crippen LogP contribution is 2.38. The van der Waals surface area contributed by atoms with Crippen LogP contribution in [0.4, 0.5) is 0 Å². The molecule has 2 atom stereocenters. The molecule has 1 aromatic heterocycles. The van der Waals surface area contributed by atoms with E-state index in [4.69, 9.17) is 44.3 Å². The Kier molecular flexibility index (Phi) is 7.25. The van der Waals surface area contributed by atoms with Gasteiger partial charge in [0.25, 0.3) is 5.56 Å². The number of methoxy groups -OCH3 is 2. The number of H-pyrrole nitrogens is 1. The first-order valence-corrected chi connectivity index (χ1v) is 8.44. The molecule has 0 amide bonds. The Morgan fingerprint density at radius 3 is 2.33 bits per heavy atom. The van der Waals surface area contributed by atoms with Gasteiger partial charge in [-0.15, -0.1) is 34.8 Å². The molecule has 2 N–H and O–H groups in total. The van der Waals surface area contributed by atoms with Crippen molar-refractivity contribution in [2.45, 2.75) is 24.6 Å². The summed E-state index contributed by atoms with van der Waals surface area (Å²) in [7, 11) is 2.58. The van der Waals surface area contributed by atoms with E-state index in [0.717, 1.165) is 0 Å². The Labute approximate surface area is 155 Å². The number of hydrogen-bond acceptors (Lipinski definition) is 5. The Morgan fingerprint density at radius 2 is 1.88 bits per heavy atom. The predicted molar refractivity (Wildman–Crippen MR) is 94.3 cm³/mol. The maximum atomic E-state index is 12.6. The quantitative estimate of drug-likeness (QED) is 0.516. The molecule has 0 saturated heterocycles. The van der Waals surface area contributed by atoms with Crippen molar-refractivity contribution in [1.82, 2.24) is 4.98 Å². The lowest BCUT2D eigenvalue weighted by Crippen LogP contribution is -2.30. The van der Waals surface area contributed by atoms with Crippen LogP contribution in [0, 0.1) is 11.8 Å². The number of hydrogen-bond donors (Lipinski definition) is 2. The van der Waals surface area contributed by atoms with Crippen LogP contribution in [-0.2, 0) is 0 Å². The van der Waals surface area contributed by atoms with E-state index in [9.17, 15) is 14.7 Å². The van der Waals surface area contributed by atoms with E-state index in [1.807, 2.05) is 0 Å². The maximum absolute atomic E-state index is 12.6. The smallest absolute Gasteiger partial charge is 0.265 e. The van der Waals surface area contributed by atoms with Crippen molar-refractivity contribution >= 4 is 40.6 Å². The lowest BCUT2D eigenvalue weighted by Gasteiger charge is -2.26. The Bertz CT molecular complexity index is 659. The van der Waals surface area contributed by atoms with Crippen LogP contribution in [0.1, 0.15) is 30.6 Å². The molecule has 0 saturated carbocycles. The topological polar surface area (TPSA) is 88.6 Å². The van der Waals surface area contributed by atoms with Crippen molar-refractivity contribution in [1.29, 1.82) is 0 Å². The lowest BCUT2D eigenvalue weighted by molar-refractivity contribution is 0.0907. The molecule has 0 aromatic carbocycles. The third kappa shape index (κ3) is 4.29. The van der Waals surface area contributed by atoms with Crippen molar-refractivity contribution in [2.24, 2.45) is 11.8 Å². The Morgan fingerprint density at radius 1 is 1.29 bits per heavy atom. The molecule has 9 heteroatoms. The number of pyridine rings is 1. The second kappa shape index (κ2) is 8.32. The zero-order valence-electron chi connectivity index (χ0n) is 13.8. The lowest BCUT2D eigenvalue weighted by atomic mass is 9.89. The monoisotopic (exact) mass is 399 g/mol.